The molecule has 0 aliphatic carbocycles. The number of rotatable bonds is 4. The second-order valence-electron chi connectivity index (χ2n) is 4.35. The first-order chi connectivity index (χ1) is 7.70. The van der Waals surface area contributed by atoms with Crippen molar-refractivity contribution in [2.75, 3.05) is 0 Å². The van der Waals surface area contributed by atoms with Gasteiger partial charge in [-0.25, -0.2) is 0 Å². The van der Waals surface area contributed by atoms with Crippen LogP contribution in [0.3, 0.4) is 0 Å². The summed E-state index contributed by atoms with van der Waals surface area (Å²) < 4.78 is 0. The number of aliphatic hydroxyl groups excluding tert-OH is 1. The Morgan fingerprint density at radius 1 is 1.19 bits per heavy atom. The zero-order valence-corrected chi connectivity index (χ0v) is 10.1. The summed E-state index contributed by atoms with van der Waals surface area (Å²) in [5, 5.41) is 9.47. The summed E-state index contributed by atoms with van der Waals surface area (Å²) in [4.78, 5) is 0. The molecular weight excluding hydrogens is 196 g/mol. The van der Waals surface area contributed by atoms with Crippen molar-refractivity contribution >= 4 is 0 Å². The molecule has 0 unspecified atom stereocenters. The van der Waals surface area contributed by atoms with Crippen LogP contribution in [0.25, 0.3) is 0 Å². The Balaban J connectivity index is 2.22. The van der Waals surface area contributed by atoms with Gasteiger partial charge in [0.25, 0.3) is 0 Å². The lowest BCUT2D eigenvalue weighted by Gasteiger charge is -2.05. The van der Waals surface area contributed by atoms with Crippen LogP contribution in [-0.4, -0.2) is 11.2 Å². The van der Waals surface area contributed by atoms with Gasteiger partial charge in [-0.2, -0.15) is 0 Å². The fourth-order valence-electron chi connectivity index (χ4n) is 1.37. The van der Waals surface area contributed by atoms with Crippen molar-refractivity contribution in [3.05, 3.63) is 35.9 Å². The standard InChI is InChI=1S/C15H20O/c1-13(2)15(16)12-8-4-7-11-14-9-5-3-6-10-14/h3,5-6,9-10,13,15-16H,4,7,11H2,1-2H3/t15-/m1/s1. The van der Waals surface area contributed by atoms with Gasteiger partial charge in [0.15, 0.2) is 0 Å². The van der Waals surface area contributed by atoms with Crippen molar-refractivity contribution in [2.45, 2.75) is 39.2 Å². The van der Waals surface area contributed by atoms with Crippen LogP contribution in [0.4, 0.5) is 0 Å². The third kappa shape index (κ3) is 5.00. The molecule has 0 aliphatic rings. The lowest BCUT2D eigenvalue weighted by Crippen LogP contribution is -2.11. The van der Waals surface area contributed by atoms with E-state index in [1.54, 1.807) is 0 Å². The van der Waals surface area contributed by atoms with Crippen molar-refractivity contribution < 1.29 is 5.11 Å². The van der Waals surface area contributed by atoms with E-state index in [-0.39, 0.29) is 5.92 Å². The van der Waals surface area contributed by atoms with Crippen LogP contribution in [0, 0.1) is 17.8 Å². The van der Waals surface area contributed by atoms with E-state index >= 15 is 0 Å². The van der Waals surface area contributed by atoms with Gasteiger partial charge in [0, 0.05) is 6.42 Å². The molecule has 0 saturated carbocycles. The minimum atomic E-state index is -0.475. The second-order valence-corrected chi connectivity index (χ2v) is 4.35. The van der Waals surface area contributed by atoms with Crippen LogP contribution >= 0.6 is 0 Å². The van der Waals surface area contributed by atoms with Gasteiger partial charge in [-0.05, 0) is 24.3 Å². The first-order valence-electron chi connectivity index (χ1n) is 5.90. The predicted octanol–water partition coefficient (Wildman–Crippen LogP) is 3.03. The average Bonchev–Trinajstić information content (AvgIpc) is 2.29. The van der Waals surface area contributed by atoms with Crippen LogP contribution in [0.2, 0.25) is 0 Å². The summed E-state index contributed by atoms with van der Waals surface area (Å²) in [6, 6.07) is 10.4. The van der Waals surface area contributed by atoms with Crippen molar-refractivity contribution in [2.24, 2.45) is 5.92 Å². The highest BCUT2D eigenvalue weighted by molar-refractivity contribution is 5.15. The van der Waals surface area contributed by atoms with E-state index in [0.29, 0.717) is 0 Å². The van der Waals surface area contributed by atoms with Crippen LogP contribution in [0.5, 0.6) is 0 Å². The van der Waals surface area contributed by atoms with Crippen LogP contribution in [0.15, 0.2) is 30.3 Å². The lowest BCUT2D eigenvalue weighted by molar-refractivity contribution is 0.181. The summed E-state index contributed by atoms with van der Waals surface area (Å²) in [6.45, 7) is 3.95. The Bertz CT molecular complexity index is 343. The molecule has 0 spiro atoms. The molecule has 1 rings (SSSR count). The van der Waals surface area contributed by atoms with Gasteiger partial charge in [0.05, 0.1) is 0 Å². The first-order valence-corrected chi connectivity index (χ1v) is 5.90. The van der Waals surface area contributed by atoms with Crippen LogP contribution < -0.4 is 0 Å². The van der Waals surface area contributed by atoms with E-state index in [2.05, 4.69) is 36.1 Å². The number of aliphatic hydroxyl groups is 1. The third-order valence-corrected chi connectivity index (χ3v) is 2.49. The highest BCUT2D eigenvalue weighted by Crippen LogP contribution is 2.04. The third-order valence-electron chi connectivity index (χ3n) is 2.49. The molecule has 1 nitrogen and oxygen atoms in total. The summed E-state index contributed by atoms with van der Waals surface area (Å²) in [6.07, 6.45) is 2.50. The fourth-order valence-corrected chi connectivity index (χ4v) is 1.37. The van der Waals surface area contributed by atoms with Crippen LogP contribution in [0.1, 0.15) is 32.3 Å². The molecule has 0 bridgehead atoms. The quantitative estimate of drug-likeness (QED) is 0.606. The number of benzene rings is 1. The predicted molar refractivity (Wildman–Crippen MR) is 68.0 cm³/mol. The van der Waals surface area contributed by atoms with Crippen molar-refractivity contribution in [1.29, 1.82) is 0 Å². The summed E-state index contributed by atoms with van der Waals surface area (Å²) in [5.74, 6) is 6.13. The molecule has 0 aromatic heterocycles. The summed E-state index contributed by atoms with van der Waals surface area (Å²) in [7, 11) is 0. The molecule has 0 amide bonds. The van der Waals surface area contributed by atoms with E-state index in [1.165, 1.54) is 5.56 Å². The molecule has 1 aromatic rings. The molecule has 0 saturated heterocycles. The van der Waals surface area contributed by atoms with E-state index in [9.17, 15) is 5.11 Å². The molecule has 16 heavy (non-hydrogen) atoms. The number of aryl methyl sites for hydroxylation is 1. The molecule has 0 fully saturated rings. The van der Waals surface area contributed by atoms with Crippen molar-refractivity contribution in [3.8, 4) is 11.8 Å². The Morgan fingerprint density at radius 3 is 2.50 bits per heavy atom. The largest absolute Gasteiger partial charge is 0.380 e. The Hall–Kier alpha value is -1.26. The molecule has 0 radical (unpaired) electrons. The molecule has 1 aromatic carbocycles. The van der Waals surface area contributed by atoms with Gasteiger partial charge < -0.3 is 5.11 Å². The minimum Gasteiger partial charge on any atom is -0.380 e. The van der Waals surface area contributed by atoms with Gasteiger partial charge >= 0.3 is 0 Å². The zero-order chi connectivity index (χ0) is 11.8. The average molecular weight is 216 g/mol. The normalized spacial score (nSPS) is 12.0. The van der Waals surface area contributed by atoms with Gasteiger partial charge in [-0.15, -0.1) is 5.92 Å². The van der Waals surface area contributed by atoms with E-state index in [0.717, 1.165) is 19.3 Å². The maximum atomic E-state index is 9.47. The Morgan fingerprint density at radius 2 is 1.88 bits per heavy atom. The van der Waals surface area contributed by atoms with Crippen molar-refractivity contribution in [1.82, 2.24) is 0 Å². The zero-order valence-electron chi connectivity index (χ0n) is 10.1. The first kappa shape index (κ1) is 12.8. The maximum Gasteiger partial charge on any atom is 0.117 e. The molecule has 0 aliphatic heterocycles. The number of hydrogen-bond donors (Lipinski definition) is 1. The van der Waals surface area contributed by atoms with E-state index in [1.807, 2.05) is 19.9 Å². The van der Waals surface area contributed by atoms with E-state index < -0.39 is 6.10 Å². The fraction of sp³-hybridized carbons (Fsp3) is 0.467. The Kier molecular flexibility index (Phi) is 5.67. The summed E-state index contributed by atoms with van der Waals surface area (Å²) >= 11 is 0. The minimum absolute atomic E-state index is 0.224. The lowest BCUT2D eigenvalue weighted by atomic mass is 10.1. The molecule has 86 valence electrons. The molecule has 0 heterocycles. The monoisotopic (exact) mass is 216 g/mol. The Labute approximate surface area is 98.5 Å². The van der Waals surface area contributed by atoms with Crippen LogP contribution in [-0.2, 0) is 6.42 Å². The number of unbranched alkanes of at least 4 members (excludes halogenated alkanes) is 1. The van der Waals surface area contributed by atoms with Gasteiger partial charge in [0.1, 0.15) is 6.10 Å². The molecular formula is C15H20O. The smallest absolute Gasteiger partial charge is 0.117 e. The number of hydrogen-bond acceptors (Lipinski definition) is 1. The van der Waals surface area contributed by atoms with Gasteiger partial charge in [0.2, 0.25) is 0 Å². The highest BCUT2D eigenvalue weighted by atomic mass is 16.3. The second kappa shape index (κ2) is 7.09. The van der Waals surface area contributed by atoms with Gasteiger partial charge in [-0.3, -0.25) is 0 Å². The van der Waals surface area contributed by atoms with E-state index in [4.69, 9.17) is 0 Å². The SMILES string of the molecule is CC(C)[C@H](O)C#CCCCc1ccccc1. The van der Waals surface area contributed by atoms with Gasteiger partial charge in [-0.1, -0.05) is 50.1 Å². The summed E-state index contributed by atoms with van der Waals surface area (Å²) in [5.41, 5.74) is 1.36. The molecule has 1 heteroatoms. The maximum absolute atomic E-state index is 9.47. The molecule has 1 N–H and O–H groups in total. The topological polar surface area (TPSA) is 20.2 Å². The highest BCUT2D eigenvalue weighted by Gasteiger charge is 2.02. The van der Waals surface area contributed by atoms with Crippen molar-refractivity contribution in [3.63, 3.8) is 0 Å². The molecule has 1 atom stereocenters.